The van der Waals surface area contributed by atoms with E-state index in [2.05, 4.69) is 5.32 Å². The fourth-order valence-corrected chi connectivity index (χ4v) is 2.61. The summed E-state index contributed by atoms with van der Waals surface area (Å²) < 4.78 is 4.80. The number of carbonyl (C=O) groups excluding carboxylic acids is 1. The molecular formula is C18H19N3O6. The van der Waals surface area contributed by atoms with Gasteiger partial charge in [0.2, 0.25) is 0 Å². The zero-order valence-electron chi connectivity index (χ0n) is 15.1. The number of nitro benzene ring substituents is 2. The topological polar surface area (TPSA) is 125 Å². The van der Waals surface area contributed by atoms with Gasteiger partial charge in [-0.25, -0.2) is 4.79 Å². The smallest absolute Gasteiger partial charge is 0.338 e. The molecule has 0 aliphatic carbocycles. The molecule has 0 aromatic heterocycles. The molecule has 1 N–H and O–H groups in total. The lowest BCUT2D eigenvalue weighted by Gasteiger charge is -2.15. The van der Waals surface area contributed by atoms with Crippen LogP contribution < -0.4 is 5.32 Å². The van der Waals surface area contributed by atoms with E-state index in [1.54, 1.807) is 19.1 Å². The third-order valence-electron chi connectivity index (χ3n) is 3.84. The average Bonchev–Trinajstić information content (AvgIpc) is 2.61. The molecule has 0 saturated carbocycles. The highest BCUT2D eigenvalue weighted by Crippen LogP contribution is 2.39. The van der Waals surface area contributed by atoms with Crippen molar-refractivity contribution in [2.24, 2.45) is 0 Å². The molecule has 0 fully saturated rings. The number of hydrogen-bond donors (Lipinski definition) is 1. The van der Waals surface area contributed by atoms with E-state index < -0.39 is 27.2 Å². The predicted molar refractivity (Wildman–Crippen MR) is 99.5 cm³/mol. The fraction of sp³-hybridized carbons (Fsp3) is 0.278. The Bertz CT molecular complexity index is 859. The maximum Gasteiger partial charge on any atom is 0.338 e. The van der Waals surface area contributed by atoms with Crippen molar-refractivity contribution < 1.29 is 19.4 Å². The maximum absolute atomic E-state index is 11.9. The van der Waals surface area contributed by atoms with Crippen molar-refractivity contribution in [3.8, 4) is 0 Å². The van der Waals surface area contributed by atoms with Crippen LogP contribution in [0, 0.1) is 20.2 Å². The largest absolute Gasteiger partial charge is 0.462 e. The molecule has 2 aromatic rings. The highest BCUT2D eigenvalue weighted by atomic mass is 16.6. The predicted octanol–water partition coefficient (Wildman–Crippen LogP) is 4.55. The van der Waals surface area contributed by atoms with Crippen molar-refractivity contribution in [1.82, 2.24) is 0 Å². The highest BCUT2D eigenvalue weighted by Gasteiger charge is 2.29. The van der Waals surface area contributed by atoms with Gasteiger partial charge in [-0.15, -0.1) is 0 Å². The van der Waals surface area contributed by atoms with Crippen molar-refractivity contribution in [2.45, 2.75) is 26.7 Å². The molecule has 0 radical (unpaired) electrons. The highest BCUT2D eigenvalue weighted by molar-refractivity contribution is 5.94. The van der Waals surface area contributed by atoms with E-state index in [-0.39, 0.29) is 23.8 Å². The van der Waals surface area contributed by atoms with Gasteiger partial charge in [-0.3, -0.25) is 20.2 Å². The minimum absolute atomic E-state index is 0.0438. The number of nitrogens with zero attached hydrogens (tertiary/aromatic N) is 2. The Hall–Kier alpha value is -3.49. The Labute approximate surface area is 155 Å². The molecule has 2 aromatic carbocycles. The molecule has 0 atom stereocenters. The molecule has 9 heteroatoms. The lowest BCUT2D eigenvalue weighted by atomic mass is 10.0. The Morgan fingerprint density at radius 1 is 1.11 bits per heavy atom. The Balaban J connectivity index is 2.66. The summed E-state index contributed by atoms with van der Waals surface area (Å²) in [6.07, 6.45) is 0. The fourth-order valence-electron chi connectivity index (χ4n) is 2.61. The van der Waals surface area contributed by atoms with Crippen molar-refractivity contribution in [2.75, 3.05) is 11.9 Å². The number of para-hydroxylation sites is 1. The second-order valence-corrected chi connectivity index (χ2v) is 5.99. The quantitative estimate of drug-likeness (QED) is 0.429. The van der Waals surface area contributed by atoms with Gasteiger partial charge in [0.15, 0.2) is 5.69 Å². The normalized spacial score (nSPS) is 10.5. The molecule has 0 amide bonds. The van der Waals surface area contributed by atoms with E-state index in [4.69, 9.17) is 4.74 Å². The SMILES string of the molecule is CCOC(=O)c1cc([N+](=O)[O-])c(Nc2ccccc2C(C)C)c([N+](=O)[O-])c1. The number of ether oxygens (including phenoxy) is 1. The molecule has 0 spiro atoms. The second kappa shape index (κ2) is 8.26. The van der Waals surface area contributed by atoms with Crippen LogP contribution in [0.1, 0.15) is 42.6 Å². The van der Waals surface area contributed by atoms with E-state index >= 15 is 0 Å². The first-order valence-electron chi connectivity index (χ1n) is 8.26. The van der Waals surface area contributed by atoms with E-state index in [0.29, 0.717) is 5.69 Å². The first-order valence-corrected chi connectivity index (χ1v) is 8.26. The minimum Gasteiger partial charge on any atom is -0.462 e. The number of esters is 1. The third-order valence-corrected chi connectivity index (χ3v) is 3.84. The van der Waals surface area contributed by atoms with Gasteiger partial charge in [-0.2, -0.15) is 0 Å². The van der Waals surface area contributed by atoms with Crippen LogP contribution in [0.4, 0.5) is 22.7 Å². The first-order chi connectivity index (χ1) is 12.8. The van der Waals surface area contributed by atoms with Crippen LogP contribution in [0.15, 0.2) is 36.4 Å². The van der Waals surface area contributed by atoms with Gasteiger partial charge in [0, 0.05) is 17.8 Å². The number of carbonyl (C=O) groups is 1. The lowest BCUT2D eigenvalue weighted by Crippen LogP contribution is -2.09. The van der Waals surface area contributed by atoms with Gasteiger partial charge in [-0.05, 0) is 24.5 Å². The number of anilines is 2. The van der Waals surface area contributed by atoms with Gasteiger partial charge in [0.25, 0.3) is 0 Å². The molecule has 0 saturated heterocycles. The van der Waals surface area contributed by atoms with Crippen molar-refractivity contribution >= 4 is 28.7 Å². The zero-order chi connectivity index (χ0) is 20.1. The van der Waals surface area contributed by atoms with Crippen molar-refractivity contribution in [3.63, 3.8) is 0 Å². The molecule has 9 nitrogen and oxygen atoms in total. The van der Waals surface area contributed by atoms with E-state index in [1.807, 2.05) is 26.0 Å². The Kier molecular flexibility index (Phi) is 6.07. The molecule has 142 valence electrons. The summed E-state index contributed by atoms with van der Waals surface area (Å²) in [7, 11) is 0. The molecule has 27 heavy (non-hydrogen) atoms. The summed E-state index contributed by atoms with van der Waals surface area (Å²) in [5, 5.41) is 25.9. The van der Waals surface area contributed by atoms with E-state index in [9.17, 15) is 25.0 Å². The number of benzene rings is 2. The van der Waals surface area contributed by atoms with Crippen LogP contribution >= 0.6 is 0 Å². The van der Waals surface area contributed by atoms with Crippen molar-refractivity contribution in [1.29, 1.82) is 0 Å². The Morgan fingerprint density at radius 3 is 2.15 bits per heavy atom. The number of nitrogens with one attached hydrogen (secondary N) is 1. The summed E-state index contributed by atoms with van der Waals surface area (Å²) in [6, 6.07) is 9.00. The van der Waals surface area contributed by atoms with E-state index in [1.165, 1.54) is 0 Å². The monoisotopic (exact) mass is 373 g/mol. The number of hydrogen-bond acceptors (Lipinski definition) is 7. The molecule has 0 unspecified atom stereocenters. The van der Waals surface area contributed by atoms with Gasteiger partial charge in [-0.1, -0.05) is 32.0 Å². The molecule has 0 bridgehead atoms. The van der Waals surface area contributed by atoms with Crippen LogP contribution in [0.2, 0.25) is 0 Å². The maximum atomic E-state index is 11.9. The number of nitro groups is 2. The lowest BCUT2D eigenvalue weighted by molar-refractivity contribution is -0.392. The summed E-state index contributed by atoms with van der Waals surface area (Å²) in [5.41, 5.74) is -0.334. The van der Waals surface area contributed by atoms with Gasteiger partial charge >= 0.3 is 17.3 Å². The van der Waals surface area contributed by atoms with E-state index in [0.717, 1.165) is 17.7 Å². The zero-order valence-corrected chi connectivity index (χ0v) is 15.1. The first kappa shape index (κ1) is 19.8. The summed E-state index contributed by atoms with van der Waals surface area (Å²) in [6.45, 7) is 5.49. The summed E-state index contributed by atoms with van der Waals surface area (Å²) in [5.74, 6) is -0.775. The van der Waals surface area contributed by atoms with Gasteiger partial charge in [0.05, 0.1) is 22.0 Å². The van der Waals surface area contributed by atoms with Crippen LogP contribution in [-0.4, -0.2) is 22.4 Å². The molecule has 0 aliphatic rings. The van der Waals surface area contributed by atoms with Crippen molar-refractivity contribution in [3.05, 3.63) is 67.8 Å². The Morgan fingerprint density at radius 2 is 1.67 bits per heavy atom. The molecule has 2 rings (SSSR count). The van der Waals surface area contributed by atoms with Gasteiger partial charge in [0.1, 0.15) is 0 Å². The molecule has 0 heterocycles. The van der Waals surface area contributed by atoms with Crippen LogP contribution in [-0.2, 0) is 4.74 Å². The second-order valence-electron chi connectivity index (χ2n) is 5.99. The van der Waals surface area contributed by atoms with Crippen LogP contribution in [0.5, 0.6) is 0 Å². The van der Waals surface area contributed by atoms with Crippen LogP contribution in [0.25, 0.3) is 0 Å². The molecular weight excluding hydrogens is 354 g/mol. The average molecular weight is 373 g/mol. The van der Waals surface area contributed by atoms with Gasteiger partial charge < -0.3 is 10.1 Å². The third kappa shape index (κ3) is 4.38. The summed E-state index contributed by atoms with van der Waals surface area (Å²) >= 11 is 0. The molecule has 0 aliphatic heterocycles. The minimum atomic E-state index is -0.863. The standard InChI is InChI=1S/C18H19N3O6/c1-4-27-18(22)12-9-15(20(23)24)17(16(10-12)21(25)26)19-14-8-6-5-7-13(14)11(2)3/h5-11,19H,4H2,1-3H3. The van der Waals surface area contributed by atoms with Crippen LogP contribution in [0.3, 0.4) is 0 Å². The summed E-state index contributed by atoms with van der Waals surface area (Å²) in [4.78, 5) is 33.4. The number of rotatable bonds is 7.